The van der Waals surface area contributed by atoms with Crippen molar-refractivity contribution in [1.29, 1.82) is 0 Å². The van der Waals surface area contributed by atoms with Crippen LogP contribution in [0.5, 0.6) is 5.75 Å². The van der Waals surface area contributed by atoms with Gasteiger partial charge in [-0.3, -0.25) is 4.79 Å². The van der Waals surface area contributed by atoms with Crippen LogP contribution in [-0.4, -0.2) is 36.0 Å². The molecule has 1 aliphatic carbocycles. The second kappa shape index (κ2) is 5.71. The number of hydrogen-bond donors (Lipinski definition) is 1. The Bertz CT molecular complexity index is 888. The van der Waals surface area contributed by atoms with Crippen LogP contribution in [0.25, 0.3) is 10.9 Å². The highest BCUT2D eigenvalue weighted by molar-refractivity contribution is 5.98. The summed E-state index contributed by atoms with van der Waals surface area (Å²) in [5, 5.41) is 0.987. The van der Waals surface area contributed by atoms with Gasteiger partial charge in [0, 0.05) is 24.0 Å². The van der Waals surface area contributed by atoms with Gasteiger partial charge in [0.25, 0.3) is 5.91 Å². The minimum atomic E-state index is 0.0305. The molecule has 2 aromatic carbocycles. The highest BCUT2D eigenvalue weighted by Gasteiger charge is 2.28. The van der Waals surface area contributed by atoms with Crippen LogP contribution in [0, 0.1) is 0 Å². The molecule has 0 fully saturated rings. The van der Waals surface area contributed by atoms with Crippen molar-refractivity contribution in [2.45, 2.75) is 18.9 Å². The van der Waals surface area contributed by atoms with E-state index in [4.69, 9.17) is 4.74 Å². The second-order valence-electron chi connectivity index (χ2n) is 6.38. The summed E-state index contributed by atoms with van der Waals surface area (Å²) in [6.45, 7) is 0. The zero-order chi connectivity index (χ0) is 16.7. The second-order valence-corrected chi connectivity index (χ2v) is 6.38. The van der Waals surface area contributed by atoms with Crippen LogP contribution >= 0.6 is 0 Å². The molecule has 0 atom stereocenters. The number of carbonyl (C=O) groups excluding carboxylic acids is 1. The lowest BCUT2D eigenvalue weighted by Crippen LogP contribution is -2.37. The van der Waals surface area contributed by atoms with Crippen molar-refractivity contribution in [3.8, 4) is 5.75 Å². The SMILES string of the molecule is COc1ccc2[nH]c(C(=O)N(C)C3Cc4ccccc4C3)cc2c1. The molecule has 0 radical (unpaired) electrons. The number of nitrogens with zero attached hydrogens (tertiary/aromatic N) is 1. The predicted octanol–water partition coefficient (Wildman–Crippen LogP) is 3.42. The largest absolute Gasteiger partial charge is 0.497 e. The fourth-order valence-electron chi connectivity index (χ4n) is 3.52. The van der Waals surface area contributed by atoms with Gasteiger partial charge in [0.15, 0.2) is 0 Å². The molecule has 0 unspecified atom stereocenters. The number of nitrogens with one attached hydrogen (secondary N) is 1. The number of ether oxygens (including phenoxy) is 1. The number of methoxy groups -OCH3 is 1. The molecule has 0 saturated carbocycles. The van der Waals surface area contributed by atoms with E-state index in [1.54, 1.807) is 7.11 Å². The van der Waals surface area contributed by atoms with Gasteiger partial charge in [-0.05, 0) is 48.2 Å². The van der Waals surface area contributed by atoms with E-state index >= 15 is 0 Å². The van der Waals surface area contributed by atoms with E-state index < -0.39 is 0 Å². The Hall–Kier alpha value is -2.75. The topological polar surface area (TPSA) is 45.3 Å². The Morgan fingerprint density at radius 1 is 1.12 bits per heavy atom. The lowest BCUT2D eigenvalue weighted by molar-refractivity contribution is 0.0733. The molecule has 4 nitrogen and oxygen atoms in total. The lowest BCUT2D eigenvalue weighted by Gasteiger charge is -2.23. The molecule has 1 aliphatic rings. The third-order valence-electron chi connectivity index (χ3n) is 4.96. The monoisotopic (exact) mass is 320 g/mol. The number of rotatable bonds is 3. The summed E-state index contributed by atoms with van der Waals surface area (Å²) in [6, 6.07) is 16.3. The fourth-order valence-corrected chi connectivity index (χ4v) is 3.52. The molecule has 4 rings (SSSR count). The molecule has 3 aromatic rings. The van der Waals surface area contributed by atoms with E-state index in [-0.39, 0.29) is 11.9 Å². The number of benzene rings is 2. The number of amides is 1. The molecule has 0 aliphatic heterocycles. The van der Waals surface area contributed by atoms with Gasteiger partial charge in [0.05, 0.1) is 7.11 Å². The van der Waals surface area contributed by atoms with E-state index in [1.807, 2.05) is 36.2 Å². The van der Waals surface area contributed by atoms with Crippen LogP contribution in [0.15, 0.2) is 48.5 Å². The molecular weight excluding hydrogens is 300 g/mol. The average Bonchev–Trinajstić information content (AvgIpc) is 3.23. The Balaban J connectivity index is 1.57. The summed E-state index contributed by atoms with van der Waals surface area (Å²) >= 11 is 0. The van der Waals surface area contributed by atoms with Gasteiger partial charge in [-0.1, -0.05) is 24.3 Å². The van der Waals surface area contributed by atoms with E-state index in [9.17, 15) is 4.79 Å². The molecule has 24 heavy (non-hydrogen) atoms. The highest BCUT2D eigenvalue weighted by Crippen LogP contribution is 2.27. The minimum Gasteiger partial charge on any atom is -0.497 e. The lowest BCUT2D eigenvalue weighted by atomic mass is 10.1. The smallest absolute Gasteiger partial charge is 0.270 e. The van der Waals surface area contributed by atoms with Gasteiger partial charge in [0.2, 0.25) is 0 Å². The van der Waals surface area contributed by atoms with E-state index in [0.717, 1.165) is 29.5 Å². The van der Waals surface area contributed by atoms with Crippen molar-refractivity contribution in [2.75, 3.05) is 14.2 Å². The quantitative estimate of drug-likeness (QED) is 0.804. The summed E-state index contributed by atoms with van der Waals surface area (Å²) in [5.74, 6) is 0.822. The van der Waals surface area contributed by atoms with Gasteiger partial charge < -0.3 is 14.6 Å². The highest BCUT2D eigenvalue weighted by atomic mass is 16.5. The number of hydrogen-bond acceptors (Lipinski definition) is 2. The third kappa shape index (κ3) is 2.44. The van der Waals surface area contributed by atoms with Crippen molar-refractivity contribution >= 4 is 16.8 Å². The van der Waals surface area contributed by atoms with Crippen LogP contribution < -0.4 is 4.74 Å². The summed E-state index contributed by atoms with van der Waals surface area (Å²) in [6.07, 6.45) is 1.85. The van der Waals surface area contributed by atoms with Crippen LogP contribution in [-0.2, 0) is 12.8 Å². The van der Waals surface area contributed by atoms with E-state index in [1.165, 1.54) is 11.1 Å². The average molecular weight is 320 g/mol. The molecule has 1 amide bonds. The Kier molecular flexibility index (Phi) is 3.53. The van der Waals surface area contributed by atoms with Crippen molar-refractivity contribution in [1.82, 2.24) is 9.88 Å². The Labute approximate surface area is 141 Å². The minimum absolute atomic E-state index is 0.0305. The normalized spacial score (nSPS) is 13.9. The van der Waals surface area contributed by atoms with Crippen LogP contribution in [0.2, 0.25) is 0 Å². The third-order valence-corrected chi connectivity index (χ3v) is 4.96. The summed E-state index contributed by atoms with van der Waals surface area (Å²) < 4.78 is 5.25. The summed E-state index contributed by atoms with van der Waals surface area (Å²) in [5.41, 5.74) is 4.27. The number of aromatic amines is 1. The van der Waals surface area contributed by atoms with Gasteiger partial charge in [-0.15, -0.1) is 0 Å². The maximum atomic E-state index is 12.9. The van der Waals surface area contributed by atoms with E-state index in [2.05, 4.69) is 29.2 Å². The first kappa shape index (κ1) is 14.8. The fraction of sp³-hybridized carbons (Fsp3) is 0.250. The Morgan fingerprint density at radius 3 is 2.50 bits per heavy atom. The standard InChI is InChI=1S/C20H20N2O2/c1-22(16-9-13-5-3-4-6-14(13)10-16)20(23)19-12-15-11-17(24-2)7-8-18(15)21-19/h3-8,11-12,16,21H,9-10H2,1-2H3. The van der Waals surface area contributed by atoms with Crippen LogP contribution in [0.3, 0.4) is 0 Å². The Morgan fingerprint density at radius 2 is 1.83 bits per heavy atom. The number of aromatic nitrogens is 1. The van der Waals surface area contributed by atoms with Gasteiger partial charge >= 0.3 is 0 Å². The van der Waals surface area contributed by atoms with E-state index in [0.29, 0.717) is 5.69 Å². The zero-order valence-corrected chi connectivity index (χ0v) is 13.9. The summed E-state index contributed by atoms with van der Waals surface area (Å²) in [4.78, 5) is 18.0. The number of H-pyrrole nitrogens is 1. The van der Waals surface area contributed by atoms with Crippen molar-refractivity contribution in [3.05, 3.63) is 65.4 Å². The van der Waals surface area contributed by atoms with Gasteiger partial charge in [-0.2, -0.15) is 0 Å². The van der Waals surface area contributed by atoms with Crippen molar-refractivity contribution in [2.24, 2.45) is 0 Å². The first-order chi connectivity index (χ1) is 11.7. The number of fused-ring (bicyclic) bond motifs is 2. The van der Waals surface area contributed by atoms with Crippen molar-refractivity contribution < 1.29 is 9.53 Å². The van der Waals surface area contributed by atoms with Crippen LogP contribution in [0.1, 0.15) is 21.6 Å². The van der Waals surface area contributed by atoms with Crippen LogP contribution in [0.4, 0.5) is 0 Å². The molecule has 122 valence electrons. The van der Waals surface area contributed by atoms with Gasteiger partial charge in [0.1, 0.15) is 11.4 Å². The number of likely N-dealkylation sites (N-methyl/N-ethyl adjacent to an activating group) is 1. The molecule has 0 saturated heterocycles. The molecule has 4 heteroatoms. The first-order valence-electron chi connectivity index (χ1n) is 8.16. The molecule has 1 N–H and O–H groups in total. The molecule has 0 bridgehead atoms. The molecule has 0 spiro atoms. The summed E-state index contributed by atoms with van der Waals surface area (Å²) in [7, 11) is 3.54. The first-order valence-corrected chi connectivity index (χ1v) is 8.16. The molecular formula is C20H20N2O2. The predicted molar refractivity (Wildman–Crippen MR) is 94.6 cm³/mol. The molecule has 1 aromatic heterocycles. The molecule has 1 heterocycles. The maximum Gasteiger partial charge on any atom is 0.270 e. The zero-order valence-electron chi connectivity index (χ0n) is 13.9. The van der Waals surface area contributed by atoms with Gasteiger partial charge in [-0.25, -0.2) is 0 Å². The number of carbonyl (C=O) groups is 1. The maximum absolute atomic E-state index is 12.9. The van der Waals surface area contributed by atoms with Crippen molar-refractivity contribution in [3.63, 3.8) is 0 Å².